The van der Waals surface area contributed by atoms with Crippen molar-refractivity contribution in [2.45, 2.75) is 13.5 Å². The first kappa shape index (κ1) is 21.9. The molecule has 0 radical (unpaired) electrons. The van der Waals surface area contributed by atoms with Gasteiger partial charge in [-0.1, -0.05) is 0 Å². The molecule has 0 aliphatic rings. The van der Waals surface area contributed by atoms with Crippen LogP contribution in [0.3, 0.4) is 0 Å². The van der Waals surface area contributed by atoms with E-state index in [9.17, 15) is 4.39 Å². The predicted molar refractivity (Wildman–Crippen MR) is 119 cm³/mol. The Kier molecular flexibility index (Phi) is 7.64. The molecule has 0 fully saturated rings. The number of methoxy groups -OCH3 is 1. The fraction of sp³-hybridized carbons (Fsp3) is 0.217. The molecule has 3 rings (SSSR count). The summed E-state index contributed by atoms with van der Waals surface area (Å²) in [6.45, 7) is 2.98. The number of rotatable bonds is 8. The van der Waals surface area contributed by atoms with Crippen molar-refractivity contribution in [3.05, 3.63) is 72.2 Å². The van der Waals surface area contributed by atoms with E-state index in [0.717, 1.165) is 11.3 Å². The van der Waals surface area contributed by atoms with Crippen LogP contribution in [0.1, 0.15) is 12.5 Å². The molecule has 3 aromatic rings. The normalized spacial score (nSPS) is 11.0. The average molecular weight is 424 g/mol. The summed E-state index contributed by atoms with van der Waals surface area (Å²) in [6, 6.07) is 15.1. The quantitative estimate of drug-likeness (QED) is 0.406. The summed E-state index contributed by atoms with van der Waals surface area (Å²) in [7, 11) is 3.29. The number of benzene rings is 2. The van der Waals surface area contributed by atoms with Gasteiger partial charge in [-0.2, -0.15) is 0 Å². The molecule has 1 aromatic heterocycles. The van der Waals surface area contributed by atoms with Crippen molar-refractivity contribution >= 4 is 11.6 Å². The molecule has 2 N–H and O–H groups in total. The molecule has 2 aromatic carbocycles. The molecule has 0 aliphatic heterocycles. The van der Waals surface area contributed by atoms with Gasteiger partial charge in [-0.15, -0.1) is 0 Å². The van der Waals surface area contributed by atoms with Crippen molar-refractivity contribution in [2.75, 3.05) is 26.1 Å². The molecule has 0 amide bonds. The lowest BCUT2D eigenvalue weighted by Crippen LogP contribution is -2.30. The molecule has 0 saturated heterocycles. The highest BCUT2D eigenvalue weighted by molar-refractivity contribution is 5.93. The second-order valence-corrected chi connectivity index (χ2v) is 6.41. The van der Waals surface area contributed by atoms with Gasteiger partial charge in [0.05, 0.1) is 13.7 Å². The minimum Gasteiger partial charge on any atom is -0.493 e. The third kappa shape index (κ3) is 6.33. The van der Waals surface area contributed by atoms with Gasteiger partial charge in [0, 0.05) is 37.6 Å². The van der Waals surface area contributed by atoms with Crippen LogP contribution in [-0.4, -0.2) is 31.7 Å². The zero-order valence-electron chi connectivity index (χ0n) is 17.7. The predicted octanol–water partition coefficient (Wildman–Crippen LogP) is 4.61. The van der Waals surface area contributed by atoms with Crippen molar-refractivity contribution in [2.24, 2.45) is 4.99 Å². The lowest BCUT2D eigenvalue weighted by atomic mass is 10.2. The Morgan fingerprint density at radius 3 is 2.58 bits per heavy atom. The van der Waals surface area contributed by atoms with E-state index in [0.29, 0.717) is 42.2 Å². The van der Waals surface area contributed by atoms with Crippen LogP contribution in [0, 0.1) is 5.82 Å². The van der Waals surface area contributed by atoms with Crippen LogP contribution >= 0.6 is 0 Å². The number of ether oxygens (including phenoxy) is 3. The fourth-order valence-corrected chi connectivity index (χ4v) is 2.76. The Morgan fingerprint density at radius 1 is 1.06 bits per heavy atom. The molecular weight excluding hydrogens is 399 g/mol. The van der Waals surface area contributed by atoms with Crippen molar-refractivity contribution in [1.82, 2.24) is 10.3 Å². The zero-order valence-corrected chi connectivity index (χ0v) is 17.7. The van der Waals surface area contributed by atoms with E-state index >= 15 is 0 Å². The molecule has 31 heavy (non-hydrogen) atoms. The molecule has 8 heteroatoms. The number of aliphatic imine (C=N–C) groups is 1. The van der Waals surface area contributed by atoms with Crippen LogP contribution in [0.2, 0.25) is 0 Å². The first-order valence-electron chi connectivity index (χ1n) is 9.78. The highest BCUT2D eigenvalue weighted by atomic mass is 19.1. The van der Waals surface area contributed by atoms with Crippen LogP contribution in [0.25, 0.3) is 0 Å². The van der Waals surface area contributed by atoms with Gasteiger partial charge in [-0.3, -0.25) is 4.99 Å². The topological polar surface area (TPSA) is 77.0 Å². The van der Waals surface area contributed by atoms with E-state index in [1.807, 2.05) is 37.3 Å². The summed E-state index contributed by atoms with van der Waals surface area (Å²) in [5, 5.41) is 6.47. The Hall–Kier alpha value is -3.81. The molecular formula is C23H25FN4O3. The summed E-state index contributed by atoms with van der Waals surface area (Å²) in [6.07, 6.45) is 1.66. The number of nitrogens with one attached hydrogen (secondary N) is 2. The van der Waals surface area contributed by atoms with Gasteiger partial charge in [0.2, 0.25) is 5.88 Å². The van der Waals surface area contributed by atoms with Crippen molar-refractivity contribution < 1.29 is 18.6 Å². The minimum atomic E-state index is -0.317. The fourth-order valence-electron chi connectivity index (χ4n) is 2.76. The van der Waals surface area contributed by atoms with E-state index in [1.54, 1.807) is 32.5 Å². The second kappa shape index (κ2) is 10.8. The monoisotopic (exact) mass is 424 g/mol. The Balaban J connectivity index is 1.61. The summed E-state index contributed by atoms with van der Waals surface area (Å²) in [4.78, 5) is 8.45. The van der Waals surface area contributed by atoms with Crippen molar-refractivity contribution in [3.8, 4) is 23.1 Å². The maximum Gasteiger partial charge on any atom is 0.219 e. The van der Waals surface area contributed by atoms with E-state index in [-0.39, 0.29) is 5.82 Å². The second-order valence-electron chi connectivity index (χ2n) is 6.41. The molecule has 0 atom stereocenters. The standard InChI is InChI=1S/C23H25FN4O3/c1-4-30-20-10-7-18(14-21(20)29-3)28-23(25-2)27-15-16-11-12-26-22(13-16)31-19-8-5-17(24)6-9-19/h5-14H,4,15H2,1-3H3,(H2,25,27,28). The Morgan fingerprint density at radius 2 is 1.87 bits per heavy atom. The first-order chi connectivity index (χ1) is 15.1. The van der Waals surface area contributed by atoms with E-state index in [2.05, 4.69) is 20.6 Å². The maximum absolute atomic E-state index is 13.0. The molecule has 0 saturated carbocycles. The number of guanidine groups is 1. The van der Waals surface area contributed by atoms with Gasteiger partial charge in [0.15, 0.2) is 17.5 Å². The summed E-state index contributed by atoms with van der Waals surface area (Å²) in [5.74, 6) is 2.53. The highest BCUT2D eigenvalue weighted by Gasteiger charge is 2.07. The number of hydrogen-bond acceptors (Lipinski definition) is 5. The van der Waals surface area contributed by atoms with Crippen molar-refractivity contribution in [3.63, 3.8) is 0 Å². The number of hydrogen-bond donors (Lipinski definition) is 2. The van der Waals surface area contributed by atoms with Crippen LogP contribution in [0.5, 0.6) is 23.1 Å². The van der Waals surface area contributed by atoms with Crippen LogP contribution < -0.4 is 24.8 Å². The average Bonchev–Trinajstić information content (AvgIpc) is 2.79. The van der Waals surface area contributed by atoms with Gasteiger partial charge in [-0.05, 0) is 55.0 Å². The van der Waals surface area contributed by atoms with Gasteiger partial charge in [0.1, 0.15) is 11.6 Å². The first-order valence-corrected chi connectivity index (χ1v) is 9.78. The smallest absolute Gasteiger partial charge is 0.219 e. The number of halogens is 1. The largest absolute Gasteiger partial charge is 0.493 e. The molecule has 7 nitrogen and oxygen atoms in total. The number of nitrogens with zero attached hydrogens (tertiary/aromatic N) is 2. The lowest BCUT2D eigenvalue weighted by molar-refractivity contribution is 0.311. The molecule has 1 heterocycles. The summed E-state index contributed by atoms with van der Waals surface area (Å²) >= 11 is 0. The Bertz CT molecular complexity index is 1030. The SMILES string of the molecule is CCOc1ccc(NC(=NC)NCc2ccnc(Oc3ccc(F)cc3)c2)cc1OC. The van der Waals surface area contributed by atoms with Gasteiger partial charge < -0.3 is 24.8 Å². The van der Waals surface area contributed by atoms with Crippen molar-refractivity contribution in [1.29, 1.82) is 0 Å². The van der Waals surface area contributed by atoms with E-state index in [4.69, 9.17) is 14.2 Å². The third-order valence-electron chi connectivity index (χ3n) is 4.25. The maximum atomic E-state index is 13.0. The number of anilines is 1. The molecule has 0 bridgehead atoms. The van der Waals surface area contributed by atoms with Crippen LogP contribution in [-0.2, 0) is 6.54 Å². The molecule has 162 valence electrons. The van der Waals surface area contributed by atoms with Gasteiger partial charge >= 0.3 is 0 Å². The number of aromatic nitrogens is 1. The minimum absolute atomic E-state index is 0.317. The molecule has 0 aliphatic carbocycles. The summed E-state index contributed by atoms with van der Waals surface area (Å²) < 4.78 is 29.7. The lowest BCUT2D eigenvalue weighted by Gasteiger charge is -2.15. The van der Waals surface area contributed by atoms with Crippen LogP contribution in [0.4, 0.5) is 10.1 Å². The third-order valence-corrected chi connectivity index (χ3v) is 4.25. The molecule has 0 unspecified atom stereocenters. The Labute approximate surface area is 180 Å². The number of pyridine rings is 1. The van der Waals surface area contributed by atoms with E-state index in [1.165, 1.54) is 12.1 Å². The highest BCUT2D eigenvalue weighted by Crippen LogP contribution is 2.30. The zero-order chi connectivity index (χ0) is 22.1. The van der Waals surface area contributed by atoms with Crippen LogP contribution in [0.15, 0.2) is 65.8 Å². The van der Waals surface area contributed by atoms with E-state index < -0.39 is 0 Å². The van der Waals surface area contributed by atoms with Gasteiger partial charge in [0.25, 0.3) is 0 Å². The summed E-state index contributed by atoms with van der Waals surface area (Å²) in [5.41, 5.74) is 1.75. The molecule has 0 spiro atoms. The van der Waals surface area contributed by atoms with Gasteiger partial charge in [-0.25, -0.2) is 9.37 Å².